The van der Waals surface area contributed by atoms with Gasteiger partial charge in [0.15, 0.2) is 10.6 Å². The molecule has 1 fully saturated rings. The fourth-order valence-corrected chi connectivity index (χ4v) is 3.85. The number of hydrogen-bond donors (Lipinski definition) is 1. The maximum absolute atomic E-state index is 11.6. The van der Waals surface area contributed by atoms with Crippen molar-refractivity contribution in [2.24, 2.45) is 0 Å². The summed E-state index contributed by atoms with van der Waals surface area (Å²) in [5.74, 6) is -0.308. The van der Waals surface area contributed by atoms with E-state index in [0.717, 1.165) is 29.8 Å². The van der Waals surface area contributed by atoms with Gasteiger partial charge in [-0.3, -0.25) is 9.67 Å². The van der Waals surface area contributed by atoms with E-state index < -0.39 is 12.0 Å². The van der Waals surface area contributed by atoms with Gasteiger partial charge in [0.05, 0.1) is 17.7 Å². The first-order valence-electron chi connectivity index (χ1n) is 8.96. The largest absolute Gasteiger partial charge is 0.548 e. The quantitative estimate of drug-likeness (QED) is 0.706. The first-order chi connectivity index (χ1) is 13.1. The Morgan fingerprint density at radius 3 is 2.67 bits per heavy atom. The Hall–Kier alpha value is -2.93. The van der Waals surface area contributed by atoms with Gasteiger partial charge in [0.1, 0.15) is 0 Å². The lowest BCUT2D eigenvalue weighted by Gasteiger charge is -2.38. The molecular formula is C20H19N4O2S-. The molecule has 1 atom stereocenters. The lowest BCUT2D eigenvalue weighted by Crippen LogP contribution is -2.50. The van der Waals surface area contributed by atoms with Gasteiger partial charge in [-0.25, -0.2) is 0 Å². The van der Waals surface area contributed by atoms with Crippen molar-refractivity contribution >= 4 is 23.9 Å². The zero-order valence-corrected chi connectivity index (χ0v) is 15.5. The summed E-state index contributed by atoms with van der Waals surface area (Å²) in [6.45, 7) is 0.699. The molecule has 138 valence electrons. The summed E-state index contributed by atoms with van der Waals surface area (Å²) >= 11 is 5.45. The number of piperidine rings is 1. The lowest BCUT2D eigenvalue weighted by atomic mass is 10.0. The number of carboxylic acid groups (broad SMARTS) is 1. The molecule has 3 aromatic rings. The number of carbonyl (C=O) groups is 1. The molecule has 0 saturated carbocycles. The van der Waals surface area contributed by atoms with Gasteiger partial charge in [-0.05, 0) is 49.7 Å². The van der Waals surface area contributed by atoms with E-state index in [1.165, 1.54) is 0 Å². The molecule has 2 aromatic carbocycles. The summed E-state index contributed by atoms with van der Waals surface area (Å²) in [6.07, 6.45) is 2.47. The van der Waals surface area contributed by atoms with Crippen LogP contribution >= 0.6 is 12.2 Å². The van der Waals surface area contributed by atoms with Crippen LogP contribution in [0.5, 0.6) is 0 Å². The molecule has 6 nitrogen and oxygen atoms in total. The number of aromatic nitrogens is 3. The fourth-order valence-electron chi connectivity index (χ4n) is 3.61. The first-order valence-corrected chi connectivity index (χ1v) is 9.37. The van der Waals surface area contributed by atoms with Gasteiger partial charge < -0.3 is 14.8 Å². The summed E-state index contributed by atoms with van der Waals surface area (Å²) in [7, 11) is 0. The molecule has 27 heavy (non-hydrogen) atoms. The summed E-state index contributed by atoms with van der Waals surface area (Å²) in [5.41, 5.74) is 2.64. The Bertz CT molecular complexity index is 1010. The summed E-state index contributed by atoms with van der Waals surface area (Å²) in [6, 6.07) is 16.9. The van der Waals surface area contributed by atoms with Crippen molar-refractivity contribution < 1.29 is 9.90 Å². The number of hydrogen-bond acceptors (Lipinski definition) is 5. The van der Waals surface area contributed by atoms with E-state index in [9.17, 15) is 9.90 Å². The molecule has 2 heterocycles. The van der Waals surface area contributed by atoms with Crippen LogP contribution in [0.4, 0.5) is 5.69 Å². The Labute approximate surface area is 162 Å². The van der Waals surface area contributed by atoms with E-state index in [1.54, 1.807) is 0 Å². The first kappa shape index (κ1) is 17.5. The smallest absolute Gasteiger partial charge is 0.200 e. The number of aliphatic carboxylic acids is 1. The predicted octanol–water partition coefficient (Wildman–Crippen LogP) is 2.71. The Kier molecular flexibility index (Phi) is 4.77. The van der Waals surface area contributed by atoms with Crippen LogP contribution in [0.25, 0.3) is 17.1 Å². The second-order valence-corrected chi connectivity index (χ2v) is 6.98. The van der Waals surface area contributed by atoms with E-state index in [4.69, 9.17) is 12.2 Å². The van der Waals surface area contributed by atoms with Gasteiger partial charge in [-0.2, -0.15) is 5.10 Å². The summed E-state index contributed by atoms with van der Waals surface area (Å²) < 4.78 is 2.35. The van der Waals surface area contributed by atoms with Crippen molar-refractivity contribution in [3.05, 3.63) is 59.4 Å². The number of nitrogens with one attached hydrogen (secondary N) is 1. The molecule has 1 aliphatic rings. The normalized spacial score (nSPS) is 17.0. The van der Waals surface area contributed by atoms with Crippen LogP contribution in [0.1, 0.15) is 19.3 Å². The summed E-state index contributed by atoms with van der Waals surface area (Å²) in [5, 5.41) is 18.8. The van der Waals surface area contributed by atoms with Gasteiger partial charge in [-0.1, -0.05) is 36.4 Å². The maximum atomic E-state index is 11.6. The van der Waals surface area contributed by atoms with Crippen LogP contribution in [0.2, 0.25) is 0 Å². The van der Waals surface area contributed by atoms with Gasteiger partial charge in [0.25, 0.3) is 0 Å². The van der Waals surface area contributed by atoms with Gasteiger partial charge >= 0.3 is 0 Å². The van der Waals surface area contributed by atoms with Crippen LogP contribution < -0.4 is 10.0 Å². The monoisotopic (exact) mass is 379 g/mol. The van der Waals surface area contributed by atoms with Crippen molar-refractivity contribution in [1.82, 2.24) is 14.8 Å². The predicted molar refractivity (Wildman–Crippen MR) is 104 cm³/mol. The van der Waals surface area contributed by atoms with Crippen LogP contribution in [0, 0.1) is 4.77 Å². The third kappa shape index (κ3) is 3.38. The van der Waals surface area contributed by atoms with E-state index in [-0.39, 0.29) is 0 Å². The maximum Gasteiger partial charge on any atom is 0.200 e. The number of nitrogens with zero attached hydrogens (tertiary/aromatic N) is 3. The summed E-state index contributed by atoms with van der Waals surface area (Å²) in [4.78, 5) is 13.5. The van der Waals surface area contributed by atoms with E-state index in [0.29, 0.717) is 23.6 Å². The third-order valence-corrected chi connectivity index (χ3v) is 5.17. The van der Waals surface area contributed by atoms with Crippen molar-refractivity contribution in [3.63, 3.8) is 0 Å². The Morgan fingerprint density at radius 1 is 1.11 bits per heavy atom. The molecule has 0 aliphatic carbocycles. The Morgan fingerprint density at radius 2 is 1.89 bits per heavy atom. The number of carbonyl (C=O) groups excluding carboxylic acids is 1. The lowest BCUT2D eigenvalue weighted by molar-refractivity contribution is -0.307. The standard InChI is InChI=1S/C20H20N4O2S/c25-19(26)17-11-4-5-12-23(17)15-9-6-10-16(13-15)24-18(21-22-20(24)27)14-7-2-1-3-8-14/h1-3,6-10,13,17H,4-5,11-12H2,(H,22,27)(H,25,26)/p-1. The van der Waals surface area contributed by atoms with Crippen LogP contribution in [-0.2, 0) is 4.79 Å². The highest BCUT2D eigenvalue weighted by molar-refractivity contribution is 7.71. The van der Waals surface area contributed by atoms with Crippen LogP contribution in [0.15, 0.2) is 54.6 Å². The average Bonchev–Trinajstić information content (AvgIpc) is 3.10. The number of benzene rings is 2. The zero-order valence-electron chi connectivity index (χ0n) is 14.7. The molecule has 0 bridgehead atoms. The second-order valence-electron chi connectivity index (χ2n) is 6.60. The SMILES string of the molecule is O=C([O-])C1CCCCN1c1cccc(-n2c(-c3ccccc3)n[nH]c2=S)c1. The van der Waals surface area contributed by atoms with Gasteiger partial charge in [0.2, 0.25) is 0 Å². The topological polar surface area (TPSA) is 77.0 Å². The van der Waals surface area contributed by atoms with Crippen LogP contribution in [0.3, 0.4) is 0 Å². The zero-order chi connectivity index (χ0) is 18.8. The highest BCUT2D eigenvalue weighted by atomic mass is 32.1. The molecule has 0 spiro atoms. The highest BCUT2D eigenvalue weighted by Crippen LogP contribution is 2.28. The molecule has 7 heteroatoms. The molecule has 1 aliphatic heterocycles. The van der Waals surface area contributed by atoms with E-state index >= 15 is 0 Å². The molecule has 0 amide bonds. The fraction of sp³-hybridized carbons (Fsp3) is 0.250. The molecule has 1 unspecified atom stereocenters. The molecule has 4 rings (SSSR count). The van der Waals surface area contributed by atoms with Crippen molar-refractivity contribution in [2.45, 2.75) is 25.3 Å². The second kappa shape index (κ2) is 7.36. The van der Waals surface area contributed by atoms with Crippen LogP contribution in [-0.4, -0.2) is 33.3 Å². The Balaban J connectivity index is 1.77. The van der Waals surface area contributed by atoms with Gasteiger partial charge in [0, 0.05) is 17.8 Å². The number of aromatic amines is 1. The van der Waals surface area contributed by atoms with Crippen molar-refractivity contribution in [1.29, 1.82) is 0 Å². The number of rotatable bonds is 4. The molecule has 1 saturated heterocycles. The molecule has 1 aromatic heterocycles. The number of H-pyrrole nitrogens is 1. The third-order valence-electron chi connectivity index (χ3n) is 4.90. The minimum absolute atomic E-state index is 0.487. The van der Waals surface area contributed by atoms with Crippen molar-refractivity contribution in [2.75, 3.05) is 11.4 Å². The van der Waals surface area contributed by atoms with E-state index in [1.807, 2.05) is 64.1 Å². The minimum Gasteiger partial charge on any atom is -0.548 e. The van der Waals surface area contributed by atoms with Crippen molar-refractivity contribution in [3.8, 4) is 17.1 Å². The number of anilines is 1. The highest BCUT2D eigenvalue weighted by Gasteiger charge is 2.24. The van der Waals surface area contributed by atoms with Gasteiger partial charge in [-0.15, -0.1) is 0 Å². The average molecular weight is 379 g/mol. The molecular weight excluding hydrogens is 360 g/mol. The molecule has 1 N–H and O–H groups in total. The number of carboxylic acids is 1. The molecule has 0 radical (unpaired) electrons. The minimum atomic E-state index is -1.02. The van der Waals surface area contributed by atoms with E-state index in [2.05, 4.69) is 10.2 Å².